The van der Waals surface area contributed by atoms with Gasteiger partial charge >= 0.3 is 0 Å². The van der Waals surface area contributed by atoms with E-state index in [0.29, 0.717) is 28.7 Å². The van der Waals surface area contributed by atoms with E-state index in [1.807, 2.05) is 0 Å². The summed E-state index contributed by atoms with van der Waals surface area (Å²) in [5.41, 5.74) is 0.119. The Bertz CT molecular complexity index is 590. The molecule has 0 radical (unpaired) electrons. The highest BCUT2D eigenvalue weighted by molar-refractivity contribution is 7.20. The van der Waals surface area contributed by atoms with Crippen molar-refractivity contribution in [3.63, 3.8) is 0 Å². The summed E-state index contributed by atoms with van der Waals surface area (Å²) < 4.78 is 11.9. The molecule has 0 aromatic carbocycles. The normalized spacial score (nSPS) is 10.9. The zero-order valence-electron chi connectivity index (χ0n) is 9.47. The zero-order chi connectivity index (χ0) is 12.4. The number of nitrogens with zero attached hydrogens (tertiary/aromatic N) is 2. The largest absolute Gasteiger partial charge is 0.506 e. The Hall–Kier alpha value is -1.60. The first-order chi connectivity index (χ1) is 8.17. The second kappa shape index (κ2) is 4.72. The number of methoxy groups -OCH3 is 2. The molecule has 0 aliphatic heterocycles. The zero-order valence-corrected chi connectivity index (χ0v) is 10.3. The van der Waals surface area contributed by atoms with Crippen molar-refractivity contribution in [3.8, 4) is 10.9 Å². The lowest BCUT2D eigenvalue weighted by Crippen LogP contribution is -2.21. The minimum atomic E-state index is -0.306. The second-order valence-electron chi connectivity index (χ2n) is 3.35. The molecule has 2 rings (SSSR count). The van der Waals surface area contributed by atoms with Crippen molar-refractivity contribution in [2.75, 3.05) is 20.8 Å². The Labute approximate surface area is 101 Å². The molecule has 92 valence electrons. The van der Waals surface area contributed by atoms with Gasteiger partial charge in [-0.1, -0.05) is 11.3 Å². The van der Waals surface area contributed by atoms with Gasteiger partial charge in [0.2, 0.25) is 0 Å². The molecule has 0 fully saturated rings. The standard InChI is InChI=1S/C10H12N2O4S/c1-15-4-3-12-7(14)5-6(13)8-9(12)11-10(16-2)17-8/h5,13H,3-4H2,1-2H3. The first-order valence-electron chi connectivity index (χ1n) is 4.93. The smallest absolute Gasteiger partial charge is 0.275 e. The summed E-state index contributed by atoms with van der Waals surface area (Å²) in [5, 5.41) is 10.1. The molecule has 0 unspecified atom stereocenters. The third kappa shape index (κ3) is 2.11. The summed E-state index contributed by atoms with van der Waals surface area (Å²) >= 11 is 1.20. The van der Waals surface area contributed by atoms with Crippen LogP contribution in [-0.4, -0.2) is 35.5 Å². The van der Waals surface area contributed by atoms with E-state index in [0.717, 1.165) is 0 Å². The Kier molecular flexibility index (Phi) is 3.30. The van der Waals surface area contributed by atoms with Crippen molar-refractivity contribution in [1.82, 2.24) is 9.55 Å². The summed E-state index contributed by atoms with van der Waals surface area (Å²) in [7, 11) is 3.05. The third-order valence-electron chi connectivity index (χ3n) is 2.30. The first kappa shape index (κ1) is 11.9. The maximum Gasteiger partial charge on any atom is 0.275 e. The molecule has 17 heavy (non-hydrogen) atoms. The van der Waals surface area contributed by atoms with Crippen molar-refractivity contribution in [3.05, 3.63) is 16.4 Å². The fourth-order valence-electron chi connectivity index (χ4n) is 1.49. The van der Waals surface area contributed by atoms with Crippen molar-refractivity contribution in [1.29, 1.82) is 0 Å². The van der Waals surface area contributed by atoms with Crippen LogP contribution >= 0.6 is 11.3 Å². The van der Waals surface area contributed by atoms with Crippen LogP contribution in [0.5, 0.6) is 10.9 Å². The Morgan fingerprint density at radius 2 is 2.29 bits per heavy atom. The molecule has 7 heteroatoms. The average molecular weight is 256 g/mol. The molecule has 0 atom stereocenters. The maximum atomic E-state index is 11.7. The average Bonchev–Trinajstić information content (AvgIpc) is 2.73. The van der Waals surface area contributed by atoms with Crippen LogP contribution in [0.2, 0.25) is 0 Å². The lowest BCUT2D eigenvalue weighted by molar-refractivity contribution is 0.187. The van der Waals surface area contributed by atoms with Gasteiger partial charge in [0.15, 0.2) is 5.65 Å². The van der Waals surface area contributed by atoms with E-state index in [2.05, 4.69) is 4.98 Å². The topological polar surface area (TPSA) is 73.6 Å². The van der Waals surface area contributed by atoms with E-state index < -0.39 is 0 Å². The summed E-state index contributed by atoms with van der Waals surface area (Å²) in [6, 6.07) is 1.18. The molecule has 0 saturated carbocycles. The number of aromatic hydroxyl groups is 1. The monoisotopic (exact) mass is 256 g/mol. The number of fused-ring (bicyclic) bond motifs is 1. The van der Waals surface area contributed by atoms with E-state index in [-0.39, 0.29) is 11.3 Å². The minimum absolute atomic E-state index is 0.0699. The van der Waals surface area contributed by atoms with E-state index in [1.165, 1.54) is 29.1 Å². The molecule has 1 N–H and O–H groups in total. The maximum absolute atomic E-state index is 11.7. The number of hydrogen-bond acceptors (Lipinski definition) is 6. The van der Waals surface area contributed by atoms with Crippen LogP contribution in [0.1, 0.15) is 0 Å². The molecular weight excluding hydrogens is 244 g/mol. The lowest BCUT2D eigenvalue weighted by Gasteiger charge is -2.05. The molecule has 0 amide bonds. The third-order valence-corrected chi connectivity index (χ3v) is 3.33. The van der Waals surface area contributed by atoms with Gasteiger partial charge in [0.1, 0.15) is 10.4 Å². The quantitative estimate of drug-likeness (QED) is 0.876. The fraction of sp³-hybridized carbons (Fsp3) is 0.400. The number of aromatic nitrogens is 2. The lowest BCUT2D eigenvalue weighted by atomic mass is 10.4. The molecule has 0 bridgehead atoms. The van der Waals surface area contributed by atoms with Gasteiger partial charge in [-0.3, -0.25) is 9.36 Å². The Balaban J connectivity index is 2.63. The highest BCUT2D eigenvalue weighted by Crippen LogP contribution is 2.32. The molecule has 2 aromatic heterocycles. The summed E-state index contributed by atoms with van der Waals surface area (Å²) in [6.07, 6.45) is 0. The van der Waals surface area contributed by atoms with Crippen LogP contribution in [-0.2, 0) is 11.3 Å². The number of hydrogen-bond donors (Lipinski definition) is 1. The van der Waals surface area contributed by atoms with Crippen LogP contribution in [0.4, 0.5) is 0 Å². The number of rotatable bonds is 4. The van der Waals surface area contributed by atoms with Gasteiger partial charge in [-0.25, -0.2) is 0 Å². The fourth-order valence-corrected chi connectivity index (χ4v) is 2.29. The van der Waals surface area contributed by atoms with Gasteiger partial charge in [0.05, 0.1) is 20.3 Å². The number of ether oxygens (including phenoxy) is 2. The van der Waals surface area contributed by atoms with E-state index in [9.17, 15) is 9.90 Å². The molecule has 0 aliphatic carbocycles. The molecule has 0 spiro atoms. The number of thiazole rings is 1. The predicted molar refractivity (Wildman–Crippen MR) is 64.0 cm³/mol. The van der Waals surface area contributed by atoms with Crippen molar-refractivity contribution >= 4 is 21.7 Å². The molecule has 0 aliphatic rings. The van der Waals surface area contributed by atoms with Gasteiger partial charge in [-0.05, 0) is 0 Å². The Morgan fingerprint density at radius 1 is 1.53 bits per heavy atom. The highest BCUT2D eigenvalue weighted by Gasteiger charge is 2.14. The van der Waals surface area contributed by atoms with E-state index in [4.69, 9.17) is 9.47 Å². The molecule has 6 nitrogen and oxygen atoms in total. The SMILES string of the molecule is COCCn1c(=O)cc(O)c2sc(OC)nc21. The van der Waals surface area contributed by atoms with Crippen molar-refractivity contribution in [2.45, 2.75) is 6.54 Å². The van der Waals surface area contributed by atoms with Crippen molar-refractivity contribution in [2.24, 2.45) is 0 Å². The van der Waals surface area contributed by atoms with Crippen molar-refractivity contribution < 1.29 is 14.6 Å². The summed E-state index contributed by atoms with van der Waals surface area (Å²) in [6.45, 7) is 0.790. The molecule has 2 heterocycles. The molecule has 2 aromatic rings. The van der Waals surface area contributed by atoms with Gasteiger partial charge < -0.3 is 14.6 Å². The van der Waals surface area contributed by atoms with Crippen LogP contribution in [0, 0.1) is 0 Å². The highest BCUT2D eigenvalue weighted by atomic mass is 32.1. The second-order valence-corrected chi connectivity index (χ2v) is 4.31. The van der Waals surface area contributed by atoms with Crippen LogP contribution < -0.4 is 10.3 Å². The van der Waals surface area contributed by atoms with Crippen LogP contribution in [0.3, 0.4) is 0 Å². The first-order valence-corrected chi connectivity index (χ1v) is 5.75. The molecular formula is C10H12N2O4S. The minimum Gasteiger partial charge on any atom is -0.506 e. The van der Waals surface area contributed by atoms with Gasteiger partial charge in [0, 0.05) is 13.2 Å². The number of pyridine rings is 1. The van der Waals surface area contributed by atoms with Gasteiger partial charge in [0.25, 0.3) is 10.8 Å². The van der Waals surface area contributed by atoms with Gasteiger partial charge in [-0.15, -0.1) is 0 Å². The Morgan fingerprint density at radius 3 is 2.94 bits per heavy atom. The summed E-state index contributed by atoms with van der Waals surface area (Å²) in [4.78, 5) is 15.9. The molecule has 0 saturated heterocycles. The van der Waals surface area contributed by atoms with Crippen LogP contribution in [0.25, 0.3) is 10.3 Å². The predicted octanol–water partition coefficient (Wildman–Crippen LogP) is 0.819. The summed E-state index contributed by atoms with van der Waals surface area (Å²) in [5.74, 6) is -0.0699. The van der Waals surface area contributed by atoms with Crippen LogP contribution in [0.15, 0.2) is 10.9 Å². The van der Waals surface area contributed by atoms with Gasteiger partial charge in [-0.2, -0.15) is 4.98 Å². The van der Waals surface area contributed by atoms with E-state index >= 15 is 0 Å². The van der Waals surface area contributed by atoms with E-state index in [1.54, 1.807) is 7.11 Å².